The van der Waals surface area contributed by atoms with Gasteiger partial charge in [-0.3, -0.25) is 5.32 Å². The fourth-order valence-corrected chi connectivity index (χ4v) is 1.78. The van der Waals surface area contributed by atoms with Gasteiger partial charge in [-0.05, 0) is 51.8 Å². The van der Waals surface area contributed by atoms with Crippen LogP contribution < -0.4 is 10.1 Å². The molecule has 0 saturated carbocycles. The Balaban J connectivity index is 2.86. The molecule has 2 N–H and O–H groups in total. The fraction of sp³-hybridized carbons (Fsp3) is 0.500. The smallest absolute Gasteiger partial charge is 0.412 e. The van der Waals surface area contributed by atoms with Gasteiger partial charge < -0.3 is 14.6 Å². The summed E-state index contributed by atoms with van der Waals surface area (Å²) in [5.74, 6) is -0.633. The van der Waals surface area contributed by atoms with Crippen molar-refractivity contribution in [2.45, 2.75) is 52.7 Å². The highest BCUT2D eigenvalue weighted by atomic mass is 16.6. The fourth-order valence-electron chi connectivity index (χ4n) is 1.78. The van der Waals surface area contributed by atoms with Crippen LogP contribution in [0, 0.1) is 6.92 Å². The zero-order valence-electron chi connectivity index (χ0n) is 13.6. The van der Waals surface area contributed by atoms with Gasteiger partial charge >= 0.3 is 12.1 Å². The van der Waals surface area contributed by atoms with Crippen molar-refractivity contribution in [3.63, 3.8) is 0 Å². The van der Waals surface area contributed by atoms with Crippen LogP contribution in [0.4, 0.5) is 10.5 Å². The first-order valence-corrected chi connectivity index (χ1v) is 7.12. The molecule has 1 aromatic rings. The molecule has 6 heteroatoms. The number of carboxylic acids is 1. The van der Waals surface area contributed by atoms with Crippen molar-refractivity contribution in [2.24, 2.45) is 0 Å². The minimum atomic E-state index is -1.02. The first-order chi connectivity index (χ1) is 10.1. The van der Waals surface area contributed by atoms with E-state index in [2.05, 4.69) is 5.32 Å². The van der Waals surface area contributed by atoms with E-state index in [4.69, 9.17) is 14.6 Å². The highest BCUT2D eigenvalue weighted by Gasteiger charge is 2.19. The van der Waals surface area contributed by atoms with Crippen molar-refractivity contribution in [1.82, 2.24) is 0 Å². The van der Waals surface area contributed by atoms with Crippen molar-refractivity contribution < 1.29 is 24.2 Å². The molecule has 0 heterocycles. The quantitative estimate of drug-likeness (QED) is 0.868. The monoisotopic (exact) mass is 309 g/mol. The topological polar surface area (TPSA) is 84.9 Å². The van der Waals surface area contributed by atoms with Gasteiger partial charge in [0.25, 0.3) is 0 Å². The van der Waals surface area contributed by atoms with E-state index in [1.165, 1.54) is 0 Å². The van der Waals surface area contributed by atoms with Gasteiger partial charge in [-0.1, -0.05) is 6.92 Å². The molecule has 0 spiro atoms. The molecule has 0 saturated heterocycles. The number of hydrogen-bond acceptors (Lipinski definition) is 4. The third-order valence-corrected chi connectivity index (χ3v) is 2.62. The Kier molecular flexibility index (Phi) is 5.79. The molecule has 0 radical (unpaired) electrons. The molecular formula is C16H23NO5. The number of nitrogens with one attached hydrogen (secondary N) is 1. The van der Waals surface area contributed by atoms with E-state index in [0.29, 0.717) is 17.9 Å². The summed E-state index contributed by atoms with van der Waals surface area (Å²) in [6.07, 6.45) is -1.15. The molecular weight excluding hydrogens is 286 g/mol. The Bertz CT molecular complexity index is 548. The predicted molar refractivity (Wildman–Crippen MR) is 83.4 cm³/mol. The average molecular weight is 309 g/mol. The number of carbonyl (C=O) groups excluding carboxylic acids is 1. The number of aryl methyl sites for hydroxylation is 1. The molecule has 1 unspecified atom stereocenters. The minimum Gasteiger partial charge on any atom is -0.479 e. The molecule has 1 rings (SSSR count). The van der Waals surface area contributed by atoms with Gasteiger partial charge in [0.15, 0.2) is 6.10 Å². The second kappa shape index (κ2) is 7.15. The third-order valence-electron chi connectivity index (χ3n) is 2.62. The van der Waals surface area contributed by atoms with Crippen LogP contribution in [0.5, 0.6) is 5.75 Å². The van der Waals surface area contributed by atoms with Gasteiger partial charge in [0.05, 0.1) is 0 Å². The highest BCUT2D eigenvalue weighted by molar-refractivity contribution is 5.85. The van der Waals surface area contributed by atoms with Crippen LogP contribution in [-0.4, -0.2) is 28.9 Å². The number of carbonyl (C=O) groups is 2. The van der Waals surface area contributed by atoms with Crippen LogP contribution in [0.1, 0.15) is 39.7 Å². The summed E-state index contributed by atoms with van der Waals surface area (Å²) < 4.78 is 10.6. The first kappa shape index (κ1) is 17.8. The van der Waals surface area contributed by atoms with E-state index < -0.39 is 23.8 Å². The minimum absolute atomic E-state index is 0.345. The van der Waals surface area contributed by atoms with Crippen LogP contribution in [0.2, 0.25) is 0 Å². The maximum atomic E-state index is 11.8. The Hall–Kier alpha value is -2.24. The highest BCUT2D eigenvalue weighted by Crippen LogP contribution is 2.23. The molecule has 0 aliphatic carbocycles. The van der Waals surface area contributed by atoms with E-state index in [-0.39, 0.29) is 0 Å². The van der Waals surface area contributed by atoms with E-state index in [9.17, 15) is 9.59 Å². The van der Waals surface area contributed by atoms with E-state index in [1.807, 2.05) is 6.92 Å². The number of amides is 1. The van der Waals surface area contributed by atoms with Gasteiger partial charge in [0, 0.05) is 11.8 Å². The van der Waals surface area contributed by atoms with Crippen LogP contribution >= 0.6 is 0 Å². The lowest BCUT2D eigenvalue weighted by molar-refractivity contribution is -0.145. The van der Waals surface area contributed by atoms with E-state index in [0.717, 1.165) is 5.56 Å². The first-order valence-electron chi connectivity index (χ1n) is 7.12. The maximum absolute atomic E-state index is 11.8. The summed E-state index contributed by atoms with van der Waals surface area (Å²) in [5.41, 5.74) is 0.734. The molecule has 122 valence electrons. The third kappa shape index (κ3) is 6.03. The number of aliphatic carboxylic acids is 1. The van der Waals surface area contributed by atoms with Gasteiger partial charge in [0.2, 0.25) is 0 Å². The molecule has 0 aliphatic heterocycles. The van der Waals surface area contributed by atoms with Crippen LogP contribution in [0.15, 0.2) is 18.2 Å². The zero-order chi connectivity index (χ0) is 16.9. The van der Waals surface area contributed by atoms with Crippen LogP contribution in [0.3, 0.4) is 0 Å². The van der Waals surface area contributed by atoms with Crippen LogP contribution in [0.25, 0.3) is 0 Å². The Morgan fingerprint density at radius 3 is 2.41 bits per heavy atom. The van der Waals surface area contributed by atoms with E-state index in [1.54, 1.807) is 45.9 Å². The van der Waals surface area contributed by atoms with Crippen molar-refractivity contribution >= 4 is 17.7 Å². The Morgan fingerprint density at radius 2 is 1.91 bits per heavy atom. The summed E-state index contributed by atoms with van der Waals surface area (Å²) in [4.78, 5) is 22.8. The summed E-state index contributed by atoms with van der Waals surface area (Å²) >= 11 is 0. The van der Waals surface area contributed by atoms with Gasteiger partial charge in [0.1, 0.15) is 11.4 Å². The van der Waals surface area contributed by atoms with Crippen LogP contribution in [-0.2, 0) is 9.53 Å². The number of hydrogen-bond donors (Lipinski definition) is 2. The van der Waals surface area contributed by atoms with Crippen molar-refractivity contribution in [3.8, 4) is 5.75 Å². The molecule has 0 aromatic heterocycles. The predicted octanol–water partition coefficient (Wildman–Crippen LogP) is 3.58. The number of ether oxygens (including phenoxy) is 2. The molecule has 0 bridgehead atoms. The summed E-state index contributed by atoms with van der Waals surface area (Å²) in [6.45, 7) is 8.88. The summed E-state index contributed by atoms with van der Waals surface area (Å²) in [6, 6.07) is 5.03. The summed E-state index contributed by atoms with van der Waals surface area (Å²) in [7, 11) is 0. The number of carboxylic acid groups (broad SMARTS) is 1. The number of rotatable bonds is 5. The second-order valence-corrected chi connectivity index (χ2v) is 6.01. The number of anilines is 1. The maximum Gasteiger partial charge on any atom is 0.412 e. The van der Waals surface area contributed by atoms with Crippen molar-refractivity contribution in [2.75, 3.05) is 5.32 Å². The largest absolute Gasteiger partial charge is 0.479 e. The van der Waals surface area contributed by atoms with Gasteiger partial charge in [-0.2, -0.15) is 0 Å². The average Bonchev–Trinajstić information content (AvgIpc) is 2.32. The Labute approximate surface area is 130 Å². The number of benzene rings is 1. The molecule has 1 aromatic carbocycles. The molecule has 6 nitrogen and oxygen atoms in total. The lowest BCUT2D eigenvalue weighted by Crippen LogP contribution is -2.27. The summed E-state index contributed by atoms with van der Waals surface area (Å²) in [5, 5.41) is 11.6. The van der Waals surface area contributed by atoms with Gasteiger partial charge in [-0.25, -0.2) is 9.59 Å². The second-order valence-electron chi connectivity index (χ2n) is 6.01. The normalized spacial score (nSPS) is 12.4. The lowest BCUT2D eigenvalue weighted by atomic mass is 10.2. The zero-order valence-corrected chi connectivity index (χ0v) is 13.6. The molecule has 1 amide bonds. The van der Waals surface area contributed by atoms with Crippen molar-refractivity contribution in [3.05, 3.63) is 23.8 Å². The molecule has 0 aliphatic rings. The molecule has 0 fully saturated rings. The standard InChI is InChI=1S/C16H23NO5/c1-6-13(14(18)19)21-12-8-10(2)7-11(9-12)17-15(20)22-16(3,4)5/h7-9,13H,6H2,1-5H3,(H,17,20)(H,18,19). The van der Waals surface area contributed by atoms with Crippen molar-refractivity contribution in [1.29, 1.82) is 0 Å². The SMILES string of the molecule is CCC(Oc1cc(C)cc(NC(=O)OC(C)(C)C)c1)C(=O)O. The molecule has 22 heavy (non-hydrogen) atoms. The molecule has 1 atom stereocenters. The lowest BCUT2D eigenvalue weighted by Gasteiger charge is -2.20. The van der Waals surface area contributed by atoms with E-state index >= 15 is 0 Å². The van der Waals surface area contributed by atoms with Gasteiger partial charge in [-0.15, -0.1) is 0 Å². The Morgan fingerprint density at radius 1 is 1.27 bits per heavy atom.